The maximum absolute atomic E-state index is 11.8. The van der Waals surface area contributed by atoms with Crippen LogP contribution in [0, 0.1) is 5.92 Å². The van der Waals surface area contributed by atoms with Crippen molar-refractivity contribution in [3.63, 3.8) is 0 Å². The minimum Gasteiger partial charge on any atom is -0.448 e. The molecule has 1 amide bonds. The number of hydrogen-bond donors (Lipinski definition) is 0. The van der Waals surface area contributed by atoms with Crippen molar-refractivity contribution in [1.82, 2.24) is 4.90 Å². The first-order valence-corrected chi connectivity index (χ1v) is 7.44. The van der Waals surface area contributed by atoms with Gasteiger partial charge in [-0.15, -0.1) is 0 Å². The van der Waals surface area contributed by atoms with Crippen LogP contribution >= 0.6 is 0 Å². The molecule has 0 N–H and O–H groups in total. The van der Waals surface area contributed by atoms with Crippen molar-refractivity contribution in [3.8, 4) is 0 Å². The van der Waals surface area contributed by atoms with Crippen molar-refractivity contribution in [2.45, 2.75) is 26.2 Å². The molecule has 0 aliphatic carbocycles. The van der Waals surface area contributed by atoms with Crippen molar-refractivity contribution < 1.29 is 19.0 Å². The Morgan fingerprint density at radius 2 is 1.85 bits per heavy atom. The predicted octanol–water partition coefficient (Wildman–Crippen LogP) is 1.69. The number of amides is 1. The molecule has 0 saturated carbocycles. The number of rotatable bonds is 3. The summed E-state index contributed by atoms with van der Waals surface area (Å²) >= 11 is 0. The number of amidine groups is 1. The van der Waals surface area contributed by atoms with Crippen LogP contribution in [0.15, 0.2) is 4.99 Å². The van der Waals surface area contributed by atoms with Gasteiger partial charge in [0.15, 0.2) is 0 Å². The van der Waals surface area contributed by atoms with Crippen LogP contribution in [0.25, 0.3) is 0 Å². The first-order chi connectivity index (χ1) is 9.79. The van der Waals surface area contributed by atoms with Gasteiger partial charge in [-0.25, -0.2) is 4.79 Å². The van der Waals surface area contributed by atoms with E-state index in [0.29, 0.717) is 25.7 Å². The van der Waals surface area contributed by atoms with Crippen LogP contribution < -0.4 is 0 Å². The molecule has 0 aromatic carbocycles. The topological polar surface area (TPSA) is 60.4 Å². The molecular formula is C14H24N2O4. The van der Waals surface area contributed by atoms with Gasteiger partial charge in [0.25, 0.3) is 0 Å². The molecular weight excluding hydrogens is 260 g/mol. The first-order valence-electron chi connectivity index (χ1n) is 7.44. The van der Waals surface area contributed by atoms with Gasteiger partial charge >= 0.3 is 6.09 Å². The summed E-state index contributed by atoms with van der Waals surface area (Å²) in [7, 11) is 0. The van der Waals surface area contributed by atoms with E-state index >= 15 is 0 Å². The Hall–Kier alpha value is -1.14. The fourth-order valence-corrected chi connectivity index (χ4v) is 2.43. The summed E-state index contributed by atoms with van der Waals surface area (Å²) < 4.78 is 15.8. The molecule has 2 saturated heterocycles. The number of nitrogens with zero attached hydrogens (tertiary/aromatic N) is 2. The van der Waals surface area contributed by atoms with E-state index in [1.54, 1.807) is 0 Å². The highest BCUT2D eigenvalue weighted by Crippen LogP contribution is 2.15. The van der Waals surface area contributed by atoms with E-state index in [-0.39, 0.29) is 0 Å². The molecule has 6 nitrogen and oxygen atoms in total. The zero-order valence-electron chi connectivity index (χ0n) is 12.2. The molecule has 0 aromatic heterocycles. The van der Waals surface area contributed by atoms with Crippen LogP contribution in [0.4, 0.5) is 4.79 Å². The van der Waals surface area contributed by atoms with Crippen molar-refractivity contribution in [1.29, 1.82) is 0 Å². The lowest BCUT2D eigenvalue weighted by molar-refractivity contribution is 0.0395. The molecule has 6 heteroatoms. The Balaban J connectivity index is 1.78. The van der Waals surface area contributed by atoms with Crippen LogP contribution in [0.1, 0.15) is 26.2 Å². The summed E-state index contributed by atoms with van der Waals surface area (Å²) in [5.41, 5.74) is 0. The Morgan fingerprint density at radius 1 is 1.20 bits per heavy atom. The predicted molar refractivity (Wildman–Crippen MR) is 75.0 cm³/mol. The van der Waals surface area contributed by atoms with E-state index in [0.717, 1.165) is 51.4 Å². The second-order valence-corrected chi connectivity index (χ2v) is 5.11. The van der Waals surface area contributed by atoms with E-state index in [4.69, 9.17) is 14.2 Å². The lowest BCUT2D eigenvalue weighted by Crippen LogP contribution is -2.40. The van der Waals surface area contributed by atoms with Gasteiger partial charge in [0.1, 0.15) is 5.84 Å². The van der Waals surface area contributed by atoms with Crippen molar-refractivity contribution in [3.05, 3.63) is 0 Å². The van der Waals surface area contributed by atoms with E-state index < -0.39 is 6.09 Å². The number of ether oxygens (including phenoxy) is 3. The lowest BCUT2D eigenvalue weighted by atomic mass is 10.0. The summed E-state index contributed by atoms with van der Waals surface area (Å²) in [5.74, 6) is 1.21. The Labute approximate surface area is 120 Å². The van der Waals surface area contributed by atoms with Gasteiger partial charge in [-0.3, -0.25) is 0 Å². The highest BCUT2D eigenvalue weighted by molar-refractivity contribution is 5.91. The molecule has 0 spiro atoms. The zero-order chi connectivity index (χ0) is 14.2. The Morgan fingerprint density at radius 3 is 2.50 bits per heavy atom. The summed E-state index contributed by atoms with van der Waals surface area (Å²) in [4.78, 5) is 18.0. The van der Waals surface area contributed by atoms with Gasteiger partial charge in [0.05, 0.1) is 19.8 Å². The molecule has 0 aromatic rings. The number of aliphatic imine (C=N–C) groups is 1. The van der Waals surface area contributed by atoms with Crippen LogP contribution in [0.3, 0.4) is 0 Å². The number of morpholine rings is 1. The molecule has 0 atom stereocenters. The summed E-state index contributed by atoms with van der Waals surface area (Å²) in [6.45, 7) is 6.94. The highest BCUT2D eigenvalue weighted by atomic mass is 16.5. The van der Waals surface area contributed by atoms with Gasteiger partial charge in [-0.1, -0.05) is 6.92 Å². The monoisotopic (exact) mass is 284 g/mol. The molecule has 0 bridgehead atoms. The molecule has 2 rings (SSSR count). The van der Waals surface area contributed by atoms with Gasteiger partial charge in [0.2, 0.25) is 0 Å². The fraction of sp³-hybridized carbons (Fsp3) is 0.857. The van der Waals surface area contributed by atoms with E-state index in [1.807, 2.05) is 6.92 Å². The van der Waals surface area contributed by atoms with Gasteiger partial charge in [-0.05, 0) is 18.8 Å². The molecule has 114 valence electrons. The largest absolute Gasteiger partial charge is 0.448 e. The van der Waals surface area contributed by atoms with E-state index in [1.165, 1.54) is 0 Å². The van der Waals surface area contributed by atoms with Gasteiger partial charge in [-0.2, -0.15) is 4.99 Å². The third-order valence-electron chi connectivity index (χ3n) is 3.70. The molecule has 2 heterocycles. The van der Waals surface area contributed by atoms with Crippen molar-refractivity contribution >= 4 is 11.9 Å². The van der Waals surface area contributed by atoms with Gasteiger partial charge in [0, 0.05) is 32.7 Å². The maximum Gasteiger partial charge on any atom is 0.435 e. The molecule has 0 unspecified atom stereocenters. The Kier molecular flexibility index (Phi) is 6.26. The lowest BCUT2D eigenvalue weighted by Gasteiger charge is -2.29. The van der Waals surface area contributed by atoms with E-state index in [9.17, 15) is 4.79 Å². The zero-order valence-corrected chi connectivity index (χ0v) is 12.2. The number of hydrogen-bond acceptors (Lipinski definition) is 4. The maximum atomic E-state index is 11.8. The van der Waals surface area contributed by atoms with Crippen molar-refractivity contribution in [2.24, 2.45) is 10.9 Å². The second kappa shape index (κ2) is 8.21. The summed E-state index contributed by atoms with van der Waals surface area (Å²) in [6, 6.07) is 0. The summed E-state index contributed by atoms with van der Waals surface area (Å²) in [5, 5.41) is 0. The van der Waals surface area contributed by atoms with Crippen LogP contribution in [0.2, 0.25) is 0 Å². The quantitative estimate of drug-likeness (QED) is 0.583. The fourth-order valence-electron chi connectivity index (χ4n) is 2.43. The smallest absolute Gasteiger partial charge is 0.435 e. The second-order valence-electron chi connectivity index (χ2n) is 5.11. The molecule has 2 fully saturated rings. The van der Waals surface area contributed by atoms with E-state index in [2.05, 4.69) is 9.89 Å². The van der Waals surface area contributed by atoms with Crippen LogP contribution in [0.5, 0.6) is 0 Å². The highest BCUT2D eigenvalue weighted by Gasteiger charge is 2.18. The third-order valence-corrected chi connectivity index (χ3v) is 3.70. The SMILES string of the molecule is CCC(=NC(=O)OCC1CCOCC1)N1CCOCC1. The standard InChI is InChI=1S/C14H24N2O4/c1-2-13(16-5-9-19-10-6-16)15-14(17)20-11-12-3-7-18-8-4-12/h12H,2-11H2,1H3. The minimum atomic E-state index is -0.472. The number of carbonyl (C=O) groups excluding carboxylic acids is 1. The molecule has 0 radical (unpaired) electrons. The molecule has 2 aliphatic heterocycles. The first kappa shape index (κ1) is 15.3. The van der Waals surface area contributed by atoms with Crippen LogP contribution in [-0.4, -0.2) is 63.0 Å². The Bertz CT molecular complexity index is 334. The molecule has 2 aliphatic rings. The van der Waals surface area contributed by atoms with Gasteiger partial charge < -0.3 is 19.1 Å². The minimum absolute atomic E-state index is 0.413. The third kappa shape index (κ3) is 4.76. The summed E-state index contributed by atoms with van der Waals surface area (Å²) in [6.07, 6.45) is 2.17. The molecule has 20 heavy (non-hydrogen) atoms. The average molecular weight is 284 g/mol. The van der Waals surface area contributed by atoms with Crippen LogP contribution in [-0.2, 0) is 14.2 Å². The number of carbonyl (C=O) groups is 1. The van der Waals surface area contributed by atoms with Crippen molar-refractivity contribution in [2.75, 3.05) is 46.1 Å². The average Bonchev–Trinajstić information content (AvgIpc) is 2.52. The normalized spacial score (nSPS) is 21.9.